The summed E-state index contributed by atoms with van der Waals surface area (Å²) in [5.74, 6) is 0.365. The van der Waals surface area contributed by atoms with E-state index in [1.54, 1.807) is 12.1 Å². The van der Waals surface area contributed by atoms with Gasteiger partial charge in [0.25, 0.3) is 0 Å². The molecule has 1 aromatic rings. The molecule has 1 fully saturated rings. The van der Waals surface area contributed by atoms with E-state index in [1.807, 2.05) is 6.07 Å². The Hall–Kier alpha value is -1.80. The van der Waals surface area contributed by atoms with E-state index in [1.165, 1.54) is 6.26 Å². The lowest BCUT2D eigenvalue weighted by atomic mass is 9.87. The van der Waals surface area contributed by atoms with Crippen molar-refractivity contribution in [3.05, 3.63) is 24.2 Å². The number of furan rings is 1. The Morgan fingerprint density at radius 2 is 2.47 bits per heavy atom. The molecule has 1 amide bonds. The first kappa shape index (κ1) is 9.74. The van der Waals surface area contributed by atoms with Gasteiger partial charge in [-0.1, -0.05) is 0 Å². The number of nitriles is 1. The maximum atomic E-state index is 11.6. The SMILES string of the molecule is N#CC1(C(=O)NCc2ccco2)COC1. The number of nitrogens with zero attached hydrogens (tertiary/aromatic N) is 1. The van der Waals surface area contributed by atoms with Crippen molar-refractivity contribution in [1.29, 1.82) is 5.26 Å². The van der Waals surface area contributed by atoms with Crippen LogP contribution in [-0.4, -0.2) is 19.1 Å². The third kappa shape index (κ3) is 1.72. The van der Waals surface area contributed by atoms with E-state index in [9.17, 15) is 4.79 Å². The van der Waals surface area contributed by atoms with E-state index in [4.69, 9.17) is 14.4 Å². The van der Waals surface area contributed by atoms with Crippen molar-refractivity contribution in [3.63, 3.8) is 0 Å². The van der Waals surface area contributed by atoms with Gasteiger partial charge in [-0.3, -0.25) is 4.79 Å². The van der Waals surface area contributed by atoms with E-state index in [-0.39, 0.29) is 19.1 Å². The summed E-state index contributed by atoms with van der Waals surface area (Å²) in [6.07, 6.45) is 1.54. The number of hydrogen-bond acceptors (Lipinski definition) is 4. The van der Waals surface area contributed by atoms with Crippen LogP contribution in [0.25, 0.3) is 0 Å². The number of nitrogens with one attached hydrogen (secondary N) is 1. The number of carbonyl (C=O) groups is 1. The lowest BCUT2D eigenvalue weighted by Crippen LogP contribution is -2.52. The zero-order valence-corrected chi connectivity index (χ0v) is 8.03. The Morgan fingerprint density at radius 3 is 2.93 bits per heavy atom. The van der Waals surface area contributed by atoms with Crippen molar-refractivity contribution in [3.8, 4) is 6.07 Å². The summed E-state index contributed by atoms with van der Waals surface area (Å²) in [5.41, 5.74) is -0.993. The number of hydrogen-bond donors (Lipinski definition) is 1. The fourth-order valence-electron chi connectivity index (χ4n) is 1.30. The third-order valence-electron chi connectivity index (χ3n) is 2.35. The topological polar surface area (TPSA) is 75.3 Å². The molecule has 1 saturated heterocycles. The molecule has 5 nitrogen and oxygen atoms in total. The largest absolute Gasteiger partial charge is 0.467 e. The maximum absolute atomic E-state index is 11.6. The predicted octanol–water partition coefficient (Wildman–Crippen LogP) is 0.436. The highest BCUT2D eigenvalue weighted by atomic mass is 16.5. The summed E-state index contributed by atoms with van der Waals surface area (Å²) < 4.78 is 9.93. The van der Waals surface area contributed by atoms with Gasteiger partial charge in [0.1, 0.15) is 5.76 Å². The lowest BCUT2D eigenvalue weighted by molar-refractivity contribution is -0.150. The molecule has 1 aromatic heterocycles. The van der Waals surface area contributed by atoms with Crippen LogP contribution < -0.4 is 5.32 Å². The molecular formula is C10H10N2O3. The van der Waals surface area contributed by atoms with Gasteiger partial charge in [-0.2, -0.15) is 5.26 Å². The summed E-state index contributed by atoms with van der Waals surface area (Å²) in [6.45, 7) is 0.649. The summed E-state index contributed by atoms with van der Waals surface area (Å²) in [6, 6.07) is 5.48. The molecule has 1 aliphatic rings. The minimum atomic E-state index is -0.993. The molecule has 5 heteroatoms. The summed E-state index contributed by atoms with van der Waals surface area (Å²) in [5, 5.41) is 11.5. The second-order valence-corrected chi connectivity index (χ2v) is 3.45. The monoisotopic (exact) mass is 206 g/mol. The van der Waals surface area contributed by atoms with Crippen LogP contribution in [0.4, 0.5) is 0 Å². The van der Waals surface area contributed by atoms with E-state index in [0.29, 0.717) is 12.3 Å². The van der Waals surface area contributed by atoms with Crippen molar-refractivity contribution in [2.45, 2.75) is 6.54 Å². The zero-order chi connectivity index (χ0) is 10.7. The average Bonchev–Trinajstić information content (AvgIpc) is 2.66. The van der Waals surface area contributed by atoms with Crippen molar-refractivity contribution in [1.82, 2.24) is 5.32 Å². The number of ether oxygens (including phenoxy) is 1. The molecule has 0 radical (unpaired) electrons. The van der Waals surface area contributed by atoms with Crippen LogP contribution >= 0.6 is 0 Å². The molecule has 0 unspecified atom stereocenters. The number of amides is 1. The first-order valence-corrected chi connectivity index (χ1v) is 4.56. The smallest absolute Gasteiger partial charge is 0.245 e. The van der Waals surface area contributed by atoms with Gasteiger partial charge in [-0.15, -0.1) is 0 Å². The minimum absolute atomic E-state index is 0.174. The Balaban J connectivity index is 1.90. The first-order valence-electron chi connectivity index (χ1n) is 4.56. The molecule has 15 heavy (non-hydrogen) atoms. The van der Waals surface area contributed by atoms with E-state index in [0.717, 1.165) is 0 Å². The van der Waals surface area contributed by atoms with E-state index in [2.05, 4.69) is 5.32 Å². The van der Waals surface area contributed by atoms with Crippen LogP contribution in [0.2, 0.25) is 0 Å². The standard InChI is InChI=1S/C10H10N2O3/c11-5-10(6-14-7-10)9(13)12-4-8-2-1-3-15-8/h1-3H,4,6-7H2,(H,12,13). The van der Waals surface area contributed by atoms with Gasteiger partial charge >= 0.3 is 0 Å². The Kier molecular flexibility index (Phi) is 2.44. The van der Waals surface area contributed by atoms with Crippen LogP contribution in [0.15, 0.2) is 22.8 Å². The normalized spacial score (nSPS) is 17.5. The molecule has 2 heterocycles. The lowest BCUT2D eigenvalue weighted by Gasteiger charge is -2.33. The van der Waals surface area contributed by atoms with Gasteiger partial charge < -0.3 is 14.5 Å². The van der Waals surface area contributed by atoms with E-state index < -0.39 is 5.41 Å². The Labute approximate surface area is 86.6 Å². The van der Waals surface area contributed by atoms with Crippen molar-refractivity contribution in [2.24, 2.45) is 5.41 Å². The van der Waals surface area contributed by atoms with Gasteiger partial charge in [-0.25, -0.2) is 0 Å². The van der Waals surface area contributed by atoms with Crippen LogP contribution in [0.5, 0.6) is 0 Å². The van der Waals surface area contributed by atoms with Crippen LogP contribution in [0, 0.1) is 16.7 Å². The molecule has 1 aliphatic heterocycles. The van der Waals surface area contributed by atoms with Crippen LogP contribution in [-0.2, 0) is 16.1 Å². The van der Waals surface area contributed by atoms with Crippen LogP contribution in [0.1, 0.15) is 5.76 Å². The quantitative estimate of drug-likeness (QED) is 0.778. The highest BCUT2D eigenvalue weighted by Crippen LogP contribution is 2.26. The van der Waals surface area contributed by atoms with Gasteiger partial charge in [0, 0.05) is 0 Å². The molecule has 0 bridgehead atoms. The fraction of sp³-hybridized carbons (Fsp3) is 0.400. The molecule has 78 valence electrons. The molecule has 0 atom stereocenters. The van der Waals surface area contributed by atoms with Gasteiger partial charge in [0.2, 0.25) is 5.91 Å². The van der Waals surface area contributed by atoms with E-state index >= 15 is 0 Å². The molecule has 0 saturated carbocycles. The van der Waals surface area contributed by atoms with Crippen LogP contribution in [0.3, 0.4) is 0 Å². The first-order chi connectivity index (χ1) is 7.27. The number of carbonyl (C=O) groups excluding carboxylic acids is 1. The van der Waals surface area contributed by atoms with Crippen molar-refractivity contribution >= 4 is 5.91 Å². The van der Waals surface area contributed by atoms with Crippen molar-refractivity contribution in [2.75, 3.05) is 13.2 Å². The molecular weight excluding hydrogens is 196 g/mol. The second kappa shape index (κ2) is 3.75. The highest BCUT2D eigenvalue weighted by Gasteiger charge is 2.46. The van der Waals surface area contributed by atoms with Gasteiger partial charge in [0.15, 0.2) is 5.41 Å². The maximum Gasteiger partial charge on any atom is 0.245 e. The Bertz CT molecular complexity index is 387. The van der Waals surface area contributed by atoms with Gasteiger partial charge in [-0.05, 0) is 12.1 Å². The molecule has 1 N–H and O–H groups in total. The summed E-state index contributed by atoms with van der Waals surface area (Å²) in [4.78, 5) is 11.6. The molecule has 0 spiro atoms. The Morgan fingerprint density at radius 1 is 1.67 bits per heavy atom. The van der Waals surface area contributed by atoms with Crippen molar-refractivity contribution < 1.29 is 13.9 Å². The summed E-state index contributed by atoms with van der Waals surface area (Å²) in [7, 11) is 0. The molecule has 2 rings (SSSR count). The highest BCUT2D eigenvalue weighted by molar-refractivity contribution is 5.86. The minimum Gasteiger partial charge on any atom is -0.467 e. The van der Waals surface area contributed by atoms with Gasteiger partial charge in [0.05, 0.1) is 32.1 Å². The average molecular weight is 206 g/mol. The number of rotatable bonds is 3. The predicted molar refractivity (Wildman–Crippen MR) is 49.4 cm³/mol. The zero-order valence-electron chi connectivity index (χ0n) is 8.03. The fourth-order valence-corrected chi connectivity index (χ4v) is 1.30. The molecule has 0 aromatic carbocycles. The third-order valence-corrected chi connectivity index (χ3v) is 2.35. The second-order valence-electron chi connectivity index (χ2n) is 3.45. The molecule has 0 aliphatic carbocycles. The summed E-state index contributed by atoms with van der Waals surface area (Å²) >= 11 is 0.